The van der Waals surface area contributed by atoms with E-state index in [0.29, 0.717) is 0 Å². The number of sulfonamides is 1. The molecule has 0 aliphatic heterocycles. The summed E-state index contributed by atoms with van der Waals surface area (Å²) in [5.41, 5.74) is -0.771. The fourth-order valence-corrected chi connectivity index (χ4v) is 2.63. The standard InChI is InChI=1S/C13H10FNO5S/c14-8-1-4-10(5-2-8)21(19,20)15-9-3-6-12(16)11(7-9)13(17)18/h1-7,15-16H,(H,17,18)/p-2. The fourth-order valence-electron chi connectivity index (χ4n) is 1.58. The third kappa shape index (κ3) is 3.29. The third-order valence-electron chi connectivity index (χ3n) is 2.58. The van der Waals surface area contributed by atoms with Gasteiger partial charge in [0.15, 0.2) is 0 Å². The van der Waals surface area contributed by atoms with Gasteiger partial charge in [0.25, 0.3) is 10.0 Å². The summed E-state index contributed by atoms with van der Waals surface area (Å²) in [5, 5.41) is 22.0. The minimum atomic E-state index is -4.02. The van der Waals surface area contributed by atoms with Gasteiger partial charge >= 0.3 is 0 Å². The number of halogens is 1. The number of carboxylic acid groups (broad SMARTS) is 1. The van der Waals surface area contributed by atoms with Gasteiger partial charge in [0.1, 0.15) is 5.82 Å². The van der Waals surface area contributed by atoms with Gasteiger partial charge in [0.2, 0.25) is 0 Å². The highest BCUT2D eigenvalue weighted by Gasteiger charge is 2.14. The minimum Gasteiger partial charge on any atom is -0.872 e. The SMILES string of the molecule is O=C([O-])c1cc(NS(=O)(=O)c2ccc(F)cc2)ccc1[O-]. The fraction of sp³-hybridized carbons (Fsp3) is 0. The van der Waals surface area contributed by atoms with Crippen LogP contribution in [0.2, 0.25) is 0 Å². The molecular weight excluding hydrogens is 301 g/mol. The molecule has 2 aromatic carbocycles. The molecule has 0 amide bonds. The predicted molar refractivity (Wildman–Crippen MR) is 67.4 cm³/mol. The Morgan fingerprint density at radius 2 is 1.71 bits per heavy atom. The van der Waals surface area contributed by atoms with Gasteiger partial charge in [-0.2, -0.15) is 0 Å². The highest BCUT2D eigenvalue weighted by atomic mass is 32.2. The summed E-state index contributed by atoms with van der Waals surface area (Å²) >= 11 is 0. The van der Waals surface area contributed by atoms with Crippen molar-refractivity contribution < 1.29 is 27.8 Å². The van der Waals surface area contributed by atoms with E-state index >= 15 is 0 Å². The van der Waals surface area contributed by atoms with Crippen LogP contribution in [0.25, 0.3) is 0 Å². The summed E-state index contributed by atoms with van der Waals surface area (Å²) in [7, 11) is -4.02. The smallest absolute Gasteiger partial charge is 0.261 e. The molecule has 0 heterocycles. The molecule has 0 aliphatic rings. The summed E-state index contributed by atoms with van der Waals surface area (Å²) in [4.78, 5) is 10.5. The molecule has 0 unspecified atom stereocenters. The van der Waals surface area contributed by atoms with Gasteiger partial charge < -0.3 is 15.0 Å². The average molecular weight is 309 g/mol. The van der Waals surface area contributed by atoms with Gasteiger partial charge in [-0.1, -0.05) is 11.8 Å². The quantitative estimate of drug-likeness (QED) is 0.859. The molecule has 6 nitrogen and oxygen atoms in total. The number of nitrogens with one attached hydrogen (secondary N) is 1. The second kappa shape index (κ2) is 5.41. The Morgan fingerprint density at radius 3 is 2.29 bits per heavy atom. The number of benzene rings is 2. The van der Waals surface area contributed by atoms with Crippen LogP contribution in [0, 0.1) is 5.82 Å². The lowest BCUT2D eigenvalue weighted by Gasteiger charge is -2.16. The van der Waals surface area contributed by atoms with Gasteiger partial charge in [-0.25, -0.2) is 12.8 Å². The second-order valence-electron chi connectivity index (χ2n) is 4.06. The number of carboxylic acids is 1. The maximum Gasteiger partial charge on any atom is 0.261 e. The third-order valence-corrected chi connectivity index (χ3v) is 3.97. The van der Waals surface area contributed by atoms with Crippen LogP contribution in [0.1, 0.15) is 10.4 Å². The molecule has 0 aromatic heterocycles. The van der Waals surface area contributed by atoms with E-state index in [4.69, 9.17) is 0 Å². The lowest BCUT2D eigenvalue weighted by molar-refractivity contribution is -0.276. The molecule has 0 saturated heterocycles. The number of carbonyl (C=O) groups is 1. The number of aromatic carboxylic acids is 1. The van der Waals surface area contributed by atoms with Crippen molar-refractivity contribution in [2.45, 2.75) is 4.90 Å². The Labute approximate surface area is 119 Å². The highest BCUT2D eigenvalue weighted by Crippen LogP contribution is 2.21. The largest absolute Gasteiger partial charge is 0.872 e. The van der Waals surface area contributed by atoms with Crippen LogP contribution in [0.3, 0.4) is 0 Å². The van der Waals surface area contributed by atoms with Crippen molar-refractivity contribution in [3.05, 3.63) is 53.8 Å². The van der Waals surface area contributed by atoms with Crippen LogP contribution in [-0.2, 0) is 10.0 Å². The molecule has 2 rings (SSSR count). The monoisotopic (exact) mass is 309 g/mol. The Hall–Kier alpha value is -2.61. The summed E-state index contributed by atoms with van der Waals surface area (Å²) in [6.45, 7) is 0. The molecule has 8 heteroatoms. The van der Waals surface area contributed by atoms with Crippen molar-refractivity contribution in [2.75, 3.05) is 4.72 Å². The Morgan fingerprint density at radius 1 is 1.10 bits per heavy atom. The zero-order valence-electron chi connectivity index (χ0n) is 10.4. The first-order valence-corrected chi connectivity index (χ1v) is 7.09. The van der Waals surface area contributed by atoms with Gasteiger partial charge in [0, 0.05) is 5.69 Å². The second-order valence-corrected chi connectivity index (χ2v) is 5.74. The molecule has 0 atom stereocenters. The normalized spacial score (nSPS) is 11.1. The molecule has 0 bridgehead atoms. The van der Waals surface area contributed by atoms with E-state index in [2.05, 4.69) is 4.72 Å². The van der Waals surface area contributed by atoms with Crippen LogP contribution in [0.5, 0.6) is 5.75 Å². The van der Waals surface area contributed by atoms with E-state index in [1.807, 2.05) is 0 Å². The molecule has 0 saturated carbocycles. The average Bonchev–Trinajstić information content (AvgIpc) is 2.41. The molecule has 2 aromatic rings. The van der Waals surface area contributed by atoms with Crippen molar-refractivity contribution in [3.8, 4) is 5.75 Å². The Balaban J connectivity index is 2.35. The van der Waals surface area contributed by atoms with Crippen molar-refractivity contribution in [1.29, 1.82) is 0 Å². The molecule has 0 spiro atoms. The molecule has 0 fully saturated rings. The number of rotatable bonds is 4. The minimum absolute atomic E-state index is 0.113. The first kappa shape index (κ1) is 14.8. The van der Waals surface area contributed by atoms with E-state index in [1.165, 1.54) is 0 Å². The van der Waals surface area contributed by atoms with Gasteiger partial charge in [0.05, 0.1) is 10.9 Å². The zero-order chi connectivity index (χ0) is 15.6. The topological polar surface area (TPSA) is 109 Å². The van der Waals surface area contributed by atoms with Crippen LogP contribution in [0.15, 0.2) is 47.4 Å². The van der Waals surface area contributed by atoms with Gasteiger partial charge in [-0.15, -0.1) is 0 Å². The van der Waals surface area contributed by atoms with Crippen LogP contribution >= 0.6 is 0 Å². The highest BCUT2D eigenvalue weighted by molar-refractivity contribution is 7.92. The molecule has 0 aliphatic carbocycles. The van der Waals surface area contributed by atoms with Crippen LogP contribution in [0.4, 0.5) is 10.1 Å². The summed E-state index contributed by atoms with van der Waals surface area (Å²) in [6.07, 6.45) is 0. The van der Waals surface area contributed by atoms with Crippen molar-refractivity contribution in [1.82, 2.24) is 0 Å². The van der Waals surface area contributed by atoms with Crippen molar-refractivity contribution in [3.63, 3.8) is 0 Å². The number of anilines is 1. The Bertz CT molecular complexity index is 787. The maximum absolute atomic E-state index is 12.8. The van der Waals surface area contributed by atoms with E-state index in [9.17, 15) is 27.8 Å². The number of carbonyl (C=O) groups excluding carboxylic acids is 1. The summed E-state index contributed by atoms with van der Waals surface area (Å²) < 4.78 is 38.9. The van der Waals surface area contributed by atoms with Gasteiger partial charge in [-0.05, 0) is 42.0 Å². The molecule has 1 N–H and O–H groups in total. The van der Waals surface area contributed by atoms with E-state index < -0.39 is 33.1 Å². The first-order valence-electron chi connectivity index (χ1n) is 5.60. The lowest BCUT2D eigenvalue weighted by Crippen LogP contribution is -2.24. The molecule has 21 heavy (non-hydrogen) atoms. The molecular formula is C13H8FNO5S-2. The summed E-state index contributed by atoms with van der Waals surface area (Å²) in [6, 6.07) is 6.95. The van der Waals surface area contributed by atoms with Crippen LogP contribution < -0.4 is 14.9 Å². The van der Waals surface area contributed by atoms with E-state index in [1.54, 1.807) is 0 Å². The van der Waals surface area contributed by atoms with Crippen molar-refractivity contribution >= 4 is 21.7 Å². The maximum atomic E-state index is 12.8. The Kier molecular flexibility index (Phi) is 3.81. The van der Waals surface area contributed by atoms with Gasteiger partial charge in [-0.3, -0.25) is 4.72 Å². The van der Waals surface area contributed by atoms with Crippen LogP contribution in [-0.4, -0.2) is 14.4 Å². The number of hydrogen-bond acceptors (Lipinski definition) is 5. The number of hydrogen-bond donors (Lipinski definition) is 1. The predicted octanol–water partition coefficient (Wildman–Crippen LogP) is 0.0636. The summed E-state index contributed by atoms with van der Waals surface area (Å²) in [5.74, 6) is -3.09. The molecule has 0 radical (unpaired) electrons. The van der Waals surface area contributed by atoms with E-state index in [0.717, 1.165) is 42.5 Å². The van der Waals surface area contributed by atoms with E-state index in [-0.39, 0.29) is 10.6 Å². The van der Waals surface area contributed by atoms with Crippen molar-refractivity contribution in [2.24, 2.45) is 0 Å². The lowest BCUT2D eigenvalue weighted by atomic mass is 10.2. The zero-order valence-corrected chi connectivity index (χ0v) is 11.2. The first-order chi connectivity index (χ1) is 9.79. The molecule has 110 valence electrons.